The Labute approximate surface area is 116 Å². The van der Waals surface area contributed by atoms with E-state index in [1.54, 1.807) is 16.7 Å². The fraction of sp³-hybridized carbons (Fsp3) is 0.750. The summed E-state index contributed by atoms with van der Waals surface area (Å²) in [6, 6.07) is -0.461. The molecule has 1 spiro atoms. The summed E-state index contributed by atoms with van der Waals surface area (Å²) >= 11 is 1.63. The van der Waals surface area contributed by atoms with Crippen LogP contribution < -0.4 is 10.6 Å². The Kier molecular flexibility index (Phi) is 4.34. The van der Waals surface area contributed by atoms with Crippen molar-refractivity contribution in [2.75, 3.05) is 24.6 Å². The van der Waals surface area contributed by atoms with Crippen molar-refractivity contribution in [1.29, 1.82) is 0 Å². The number of unbranched alkanes of at least 4 members (excludes halogenated alkanes) is 1. The molecule has 0 aliphatic carbocycles. The van der Waals surface area contributed by atoms with Crippen LogP contribution in [0.1, 0.15) is 26.2 Å². The third-order valence-corrected chi connectivity index (χ3v) is 4.53. The number of imide groups is 1. The number of hydrogen-bond acceptors (Lipinski definition) is 4. The normalized spacial score (nSPS) is 25.8. The molecule has 2 fully saturated rings. The second kappa shape index (κ2) is 5.81. The van der Waals surface area contributed by atoms with Crippen molar-refractivity contribution in [3.05, 3.63) is 0 Å². The molecule has 1 atom stereocenters. The van der Waals surface area contributed by atoms with Crippen LogP contribution in [0.3, 0.4) is 0 Å². The van der Waals surface area contributed by atoms with E-state index in [4.69, 9.17) is 0 Å². The van der Waals surface area contributed by atoms with Gasteiger partial charge in [0.25, 0.3) is 5.91 Å². The number of rotatable bonds is 5. The van der Waals surface area contributed by atoms with E-state index in [1.165, 1.54) is 0 Å². The van der Waals surface area contributed by atoms with E-state index in [1.807, 2.05) is 0 Å². The number of carbonyl (C=O) groups is 3. The van der Waals surface area contributed by atoms with Crippen molar-refractivity contribution in [3.8, 4) is 0 Å². The SMILES string of the molecule is CCCCSCC(=O)N1CCC2(C1)NC(=O)NC2=O. The lowest BCUT2D eigenvalue weighted by atomic mass is 10.00. The van der Waals surface area contributed by atoms with Crippen LogP contribution in [-0.2, 0) is 9.59 Å². The van der Waals surface area contributed by atoms with Crippen molar-refractivity contribution < 1.29 is 14.4 Å². The first-order valence-electron chi connectivity index (χ1n) is 6.56. The molecule has 4 amide bonds. The second-order valence-electron chi connectivity index (χ2n) is 4.96. The van der Waals surface area contributed by atoms with Crippen LogP contribution in [0.15, 0.2) is 0 Å². The first-order valence-corrected chi connectivity index (χ1v) is 7.72. The van der Waals surface area contributed by atoms with Crippen LogP contribution in [0.25, 0.3) is 0 Å². The Morgan fingerprint density at radius 3 is 2.89 bits per heavy atom. The molecule has 2 saturated heterocycles. The highest BCUT2D eigenvalue weighted by molar-refractivity contribution is 7.99. The molecular weight excluding hydrogens is 266 g/mol. The monoisotopic (exact) mass is 285 g/mol. The zero-order valence-corrected chi connectivity index (χ0v) is 11.8. The largest absolute Gasteiger partial charge is 0.339 e. The number of carbonyl (C=O) groups excluding carboxylic acids is 3. The first kappa shape index (κ1) is 14.2. The van der Waals surface area contributed by atoms with Crippen molar-refractivity contribution in [2.24, 2.45) is 0 Å². The van der Waals surface area contributed by atoms with Gasteiger partial charge in [0.15, 0.2) is 0 Å². The molecule has 1 unspecified atom stereocenters. The number of likely N-dealkylation sites (tertiary alicyclic amines) is 1. The van der Waals surface area contributed by atoms with Crippen molar-refractivity contribution in [3.63, 3.8) is 0 Å². The summed E-state index contributed by atoms with van der Waals surface area (Å²) in [6.07, 6.45) is 2.73. The topological polar surface area (TPSA) is 78.5 Å². The number of urea groups is 1. The fourth-order valence-corrected chi connectivity index (χ4v) is 3.33. The lowest BCUT2D eigenvalue weighted by Crippen LogP contribution is -2.49. The van der Waals surface area contributed by atoms with Crippen LogP contribution in [0, 0.1) is 0 Å². The van der Waals surface area contributed by atoms with Gasteiger partial charge in [0.05, 0.1) is 12.3 Å². The third-order valence-electron chi connectivity index (χ3n) is 3.50. The molecule has 0 bridgehead atoms. The van der Waals surface area contributed by atoms with E-state index in [0.717, 1.165) is 18.6 Å². The lowest BCUT2D eigenvalue weighted by molar-refractivity contribution is -0.128. The maximum absolute atomic E-state index is 12.0. The predicted octanol–water partition coefficient (Wildman–Crippen LogP) is 0.330. The smallest absolute Gasteiger partial charge is 0.322 e. The summed E-state index contributed by atoms with van der Waals surface area (Å²) in [5.74, 6) is 1.17. The maximum Gasteiger partial charge on any atom is 0.322 e. The molecule has 2 heterocycles. The van der Waals surface area contributed by atoms with Gasteiger partial charge in [-0.05, 0) is 18.6 Å². The standard InChI is InChI=1S/C12H19N3O3S/c1-2-3-6-19-7-9(16)15-5-4-12(8-15)10(17)13-11(18)14-12/h2-8H2,1H3,(H2,13,14,17,18). The van der Waals surface area contributed by atoms with Crippen LogP contribution in [-0.4, -0.2) is 52.9 Å². The minimum Gasteiger partial charge on any atom is -0.339 e. The Morgan fingerprint density at radius 2 is 2.26 bits per heavy atom. The molecule has 2 aliphatic heterocycles. The molecule has 106 valence electrons. The molecule has 2 rings (SSSR count). The van der Waals surface area contributed by atoms with Gasteiger partial charge in [-0.2, -0.15) is 11.8 Å². The molecule has 2 N–H and O–H groups in total. The third kappa shape index (κ3) is 3.02. The van der Waals surface area contributed by atoms with Gasteiger partial charge in [-0.15, -0.1) is 0 Å². The Bertz CT molecular complexity index is 402. The van der Waals surface area contributed by atoms with Gasteiger partial charge < -0.3 is 10.2 Å². The minimum absolute atomic E-state index is 0.0481. The summed E-state index contributed by atoms with van der Waals surface area (Å²) in [5.41, 5.74) is -0.888. The van der Waals surface area contributed by atoms with E-state index in [2.05, 4.69) is 17.6 Å². The summed E-state index contributed by atoms with van der Waals surface area (Å²) in [7, 11) is 0. The maximum atomic E-state index is 12.0. The van der Waals surface area contributed by atoms with Crippen LogP contribution in [0.5, 0.6) is 0 Å². The quantitative estimate of drug-likeness (QED) is 0.563. The highest BCUT2D eigenvalue weighted by Gasteiger charge is 2.51. The number of amides is 4. The van der Waals surface area contributed by atoms with Gasteiger partial charge in [-0.25, -0.2) is 4.79 Å². The Morgan fingerprint density at radius 1 is 1.47 bits per heavy atom. The Hall–Kier alpha value is -1.24. The summed E-state index contributed by atoms with van der Waals surface area (Å²) in [6.45, 7) is 2.94. The molecule has 0 saturated carbocycles. The van der Waals surface area contributed by atoms with Crippen LogP contribution in [0.2, 0.25) is 0 Å². The molecule has 7 heteroatoms. The zero-order valence-electron chi connectivity index (χ0n) is 11.0. The lowest BCUT2D eigenvalue weighted by Gasteiger charge is -2.21. The summed E-state index contributed by atoms with van der Waals surface area (Å²) < 4.78 is 0. The van der Waals surface area contributed by atoms with Gasteiger partial charge in [-0.1, -0.05) is 13.3 Å². The molecule has 0 aromatic carbocycles. The number of hydrogen-bond donors (Lipinski definition) is 2. The number of nitrogens with one attached hydrogen (secondary N) is 2. The predicted molar refractivity (Wildman–Crippen MR) is 72.8 cm³/mol. The van der Waals surface area contributed by atoms with Gasteiger partial charge >= 0.3 is 6.03 Å². The van der Waals surface area contributed by atoms with E-state index in [9.17, 15) is 14.4 Å². The molecule has 2 aliphatic rings. The van der Waals surface area contributed by atoms with Gasteiger partial charge in [0.1, 0.15) is 5.54 Å². The highest BCUT2D eigenvalue weighted by atomic mass is 32.2. The van der Waals surface area contributed by atoms with Crippen LogP contribution in [0.4, 0.5) is 4.79 Å². The van der Waals surface area contributed by atoms with Crippen molar-refractivity contribution in [2.45, 2.75) is 31.7 Å². The zero-order chi connectivity index (χ0) is 13.9. The van der Waals surface area contributed by atoms with Gasteiger partial charge in [0.2, 0.25) is 5.91 Å². The summed E-state index contributed by atoms with van der Waals surface area (Å²) in [5, 5.41) is 4.88. The Balaban J connectivity index is 1.83. The number of nitrogens with zero attached hydrogens (tertiary/aromatic N) is 1. The van der Waals surface area contributed by atoms with Gasteiger partial charge in [-0.3, -0.25) is 14.9 Å². The fourth-order valence-electron chi connectivity index (χ4n) is 2.34. The molecule has 0 aromatic heterocycles. The van der Waals surface area contributed by atoms with E-state index in [-0.39, 0.29) is 18.4 Å². The molecule has 19 heavy (non-hydrogen) atoms. The summed E-state index contributed by atoms with van der Waals surface area (Å²) in [4.78, 5) is 36.6. The first-order chi connectivity index (χ1) is 9.07. The average Bonchev–Trinajstić information content (AvgIpc) is 2.90. The number of thioether (sulfide) groups is 1. The van der Waals surface area contributed by atoms with Gasteiger partial charge in [0, 0.05) is 6.54 Å². The van der Waals surface area contributed by atoms with E-state index >= 15 is 0 Å². The molecule has 0 aromatic rings. The molecular formula is C12H19N3O3S. The average molecular weight is 285 g/mol. The van der Waals surface area contributed by atoms with E-state index in [0.29, 0.717) is 18.7 Å². The molecule has 6 nitrogen and oxygen atoms in total. The second-order valence-corrected chi connectivity index (χ2v) is 6.07. The van der Waals surface area contributed by atoms with Crippen molar-refractivity contribution >= 4 is 29.6 Å². The van der Waals surface area contributed by atoms with E-state index < -0.39 is 11.6 Å². The van der Waals surface area contributed by atoms with Crippen molar-refractivity contribution in [1.82, 2.24) is 15.5 Å². The highest BCUT2D eigenvalue weighted by Crippen LogP contribution is 2.25. The van der Waals surface area contributed by atoms with Crippen LogP contribution >= 0.6 is 11.8 Å². The molecule has 0 radical (unpaired) electrons. The minimum atomic E-state index is -0.888.